The van der Waals surface area contributed by atoms with Gasteiger partial charge in [-0.1, -0.05) is 15.9 Å². The van der Waals surface area contributed by atoms with E-state index in [1.165, 1.54) is 17.0 Å². The second kappa shape index (κ2) is 5.47. The molecule has 0 aliphatic carbocycles. The number of thiazole rings is 1. The van der Waals surface area contributed by atoms with Gasteiger partial charge in [-0.25, -0.2) is 9.37 Å². The lowest BCUT2D eigenvalue weighted by Crippen LogP contribution is -2.13. The molecular weight excluding hydrogens is 315 g/mol. The highest BCUT2D eigenvalue weighted by molar-refractivity contribution is 9.10. The first-order chi connectivity index (χ1) is 8.45. The van der Waals surface area contributed by atoms with E-state index in [4.69, 9.17) is 5.73 Å². The molecular formula is C13H14BrFN2S. The molecule has 0 saturated heterocycles. The van der Waals surface area contributed by atoms with Crippen molar-refractivity contribution in [3.05, 3.63) is 49.6 Å². The van der Waals surface area contributed by atoms with Crippen molar-refractivity contribution in [1.29, 1.82) is 0 Å². The van der Waals surface area contributed by atoms with Crippen molar-refractivity contribution in [3.63, 3.8) is 0 Å². The minimum Gasteiger partial charge on any atom is -0.324 e. The van der Waals surface area contributed by atoms with E-state index in [0.29, 0.717) is 10.9 Å². The van der Waals surface area contributed by atoms with Crippen LogP contribution in [-0.2, 0) is 6.42 Å². The van der Waals surface area contributed by atoms with Crippen molar-refractivity contribution >= 4 is 27.3 Å². The molecule has 0 aliphatic heterocycles. The SMILES string of the molecule is Cc1nc(CC(N)c2cc(F)cc(Br)c2)sc1C. The number of rotatable bonds is 3. The zero-order valence-electron chi connectivity index (χ0n) is 10.2. The molecule has 2 nitrogen and oxygen atoms in total. The Labute approximate surface area is 118 Å². The molecule has 2 aromatic rings. The maximum atomic E-state index is 13.3. The summed E-state index contributed by atoms with van der Waals surface area (Å²) in [6, 6.07) is 4.51. The van der Waals surface area contributed by atoms with Gasteiger partial charge >= 0.3 is 0 Å². The molecule has 0 saturated carbocycles. The summed E-state index contributed by atoms with van der Waals surface area (Å²) in [5, 5.41) is 0.998. The summed E-state index contributed by atoms with van der Waals surface area (Å²) in [6.45, 7) is 4.03. The smallest absolute Gasteiger partial charge is 0.124 e. The summed E-state index contributed by atoms with van der Waals surface area (Å²) in [6.07, 6.45) is 0.634. The van der Waals surface area contributed by atoms with E-state index in [-0.39, 0.29) is 11.9 Å². The van der Waals surface area contributed by atoms with Crippen LogP contribution in [0, 0.1) is 19.7 Å². The molecule has 0 radical (unpaired) electrons. The van der Waals surface area contributed by atoms with Crippen LogP contribution in [0.4, 0.5) is 4.39 Å². The van der Waals surface area contributed by atoms with Crippen molar-refractivity contribution in [2.24, 2.45) is 5.73 Å². The van der Waals surface area contributed by atoms with Gasteiger partial charge in [0.15, 0.2) is 0 Å². The minimum absolute atomic E-state index is 0.234. The van der Waals surface area contributed by atoms with Crippen LogP contribution in [0.2, 0.25) is 0 Å². The van der Waals surface area contributed by atoms with Gasteiger partial charge in [-0.3, -0.25) is 0 Å². The maximum Gasteiger partial charge on any atom is 0.124 e. The average molecular weight is 329 g/mol. The number of nitrogens with two attached hydrogens (primary N) is 1. The molecule has 1 unspecified atom stereocenters. The molecule has 2 N–H and O–H groups in total. The predicted octanol–water partition coefficient (Wildman–Crippen LogP) is 3.90. The van der Waals surface area contributed by atoms with E-state index in [0.717, 1.165) is 16.3 Å². The molecule has 1 aromatic carbocycles. The van der Waals surface area contributed by atoms with Crippen molar-refractivity contribution in [1.82, 2.24) is 4.98 Å². The van der Waals surface area contributed by atoms with E-state index in [2.05, 4.69) is 20.9 Å². The number of aromatic nitrogens is 1. The first kappa shape index (κ1) is 13.6. The van der Waals surface area contributed by atoms with Gasteiger partial charge in [-0.15, -0.1) is 11.3 Å². The van der Waals surface area contributed by atoms with Crippen LogP contribution in [0.5, 0.6) is 0 Å². The van der Waals surface area contributed by atoms with E-state index in [1.807, 2.05) is 19.9 Å². The molecule has 18 heavy (non-hydrogen) atoms. The van der Waals surface area contributed by atoms with E-state index < -0.39 is 0 Å². The van der Waals surface area contributed by atoms with Gasteiger partial charge in [0.05, 0.1) is 10.7 Å². The summed E-state index contributed by atoms with van der Waals surface area (Å²) in [7, 11) is 0. The van der Waals surface area contributed by atoms with Crippen LogP contribution in [0.3, 0.4) is 0 Å². The lowest BCUT2D eigenvalue weighted by Gasteiger charge is -2.11. The molecule has 0 spiro atoms. The van der Waals surface area contributed by atoms with Gasteiger partial charge in [0.25, 0.3) is 0 Å². The lowest BCUT2D eigenvalue weighted by molar-refractivity contribution is 0.617. The maximum absolute atomic E-state index is 13.3. The molecule has 1 aromatic heterocycles. The molecule has 1 heterocycles. The number of aryl methyl sites for hydroxylation is 2. The molecule has 0 bridgehead atoms. The molecule has 0 aliphatic rings. The quantitative estimate of drug-likeness (QED) is 0.927. The van der Waals surface area contributed by atoms with E-state index >= 15 is 0 Å². The normalized spacial score (nSPS) is 12.7. The number of hydrogen-bond donors (Lipinski definition) is 1. The van der Waals surface area contributed by atoms with Crippen LogP contribution in [0.1, 0.15) is 27.2 Å². The molecule has 0 fully saturated rings. The number of nitrogens with zero attached hydrogens (tertiary/aromatic N) is 1. The van der Waals surface area contributed by atoms with Crippen LogP contribution in [0.25, 0.3) is 0 Å². The van der Waals surface area contributed by atoms with Gasteiger partial charge in [0.1, 0.15) is 5.82 Å². The van der Waals surface area contributed by atoms with Crippen LogP contribution in [-0.4, -0.2) is 4.98 Å². The Balaban J connectivity index is 2.18. The van der Waals surface area contributed by atoms with Gasteiger partial charge in [-0.2, -0.15) is 0 Å². The highest BCUT2D eigenvalue weighted by atomic mass is 79.9. The summed E-state index contributed by atoms with van der Waals surface area (Å²) < 4.78 is 14.0. The van der Waals surface area contributed by atoms with Crippen molar-refractivity contribution in [3.8, 4) is 0 Å². The standard InChI is InChI=1S/C13H14BrFN2S/c1-7-8(2)18-13(17-7)6-12(16)9-3-10(14)5-11(15)4-9/h3-5,12H,6,16H2,1-2H3. The van der Waals surface area contributed by atoms with Gasteiger partial charge in [-0.05, 0) is 37.6 Å². The fourth-order valence-electron chi connectivity index (χ4n) is 1.72. The van der Waals surface area contributed by atoms with Crippen LogP contribution >= 0.6 is 27.3 Å². The Morgan fingerprint density at radius 1 is 1.39 bits per heavy atom. The van der Waals surface area contributed by atoms with E-state index in [9.17, 15) is 4.39 Å². The molecule has 0 amide bonds. The second-order valence-electron chi connectivity index (χ2n) is 4.26. The third-order valence-electron chi connectivity index (χ3n) is 2.78. The molecule has 2 rings (SSSR count). The van der Waals surface area contributed by atoms with Gasteiger partial charge < -0.3 is 5.73 Å². The first-order valence-corrected chi connectivity index (χ1v) is 7.21. The van der Waals surface area contributed by atoms with Crippen molar-refractivity contribution in [2.75, 3.05) is 0 Å². The van der Waals surface area contributed by atoms with Crippen LogP contribution < -0.4 is 5.73 Å². The van der Waals surface area contributed by atoms with Crippen LogP contribution in [0.15, 0.2) is 22.7 Å². The summed E-state index contributed by atoms with van der Waals surface area (Å²) >= 11 is 4.92. The highest BCUT2D eigenvalue weighted by Gasteiger charge is 2.12. The number of hydrogen-bond acceptors (Lipinski definition) is 3. The molecule has 96 valence electrons. The van der Waals surface area contributed by atoms with Gasteiger partial charge in [0, 0.05) is 21.8 Å². The number of halogens is 2. The third-order valence-corrected chi connectivity index (χ3v) is 4.33. The lowest BCUT2D eigenvalue weighted by atomic mass is 10.1. The first-order valence-electron chi connectivity index (χ1n) is 5.60. The monoisotopic (exact) mass is 328 g/mol. The second-order valence-corrected chi connectivity index (χ2v) is 6.47. The molecule has 5 heteroatoms. The fraction of sp³-hybridized carbons (Fsp3) is 0.308. The average Bonchev–Trinajstić information content (AvgIpc) is 2.56. The Bertz CT molecular complexity index is 528. The van der Waals surface area contributed by atoms with Crippen molar-refractivity contribution < 1.29 is 4.39 Å². The van der Waals surface area contributed by atoms with Crippen molar-refractivity contribution in [2.45, 2.75) is 26.3 Å². The summed E-state index contributed by atoms with van der Waals surface area (Å²) in [4.78, 5) is 5.66. The Hall–Kier alpha value is -0.780. The summed E-state index contributed by atoms with van der Waals surface area (Å²) in [5.74, 6) is -0.277. The largest absolute Gasteiger partial charge is 0.324 e. The Morgan fingerprint density at radius 3 is 2.67 bits per heavy atom. The van der Waals surface area contributed by atoms with Gasteiger partial charge in [0.2, 0.25) is 0 Å². The predicted molar refractivity (Wildman–Crippen MR) is 76.3 cm³/mol. The Morgan fingerprint density at radius 2 is 2.11 bits per heavy atom. The third kappa shape index (κ3) is 3.16. The fourth-order valence-corrected chi connectivity index (χ4v) is 3.20. The molecule has 1 atom stereocenters. The Kier molecular flexibility index (Phi) is 4.14. The minimum atomic E-state index is -0.277. The zero-order valence-corrected chi connectivity index (χ0v) is 12.6. The highest BCUT2D eigenvalue weighted by Crippen LogP contribution is 2.24. The summed E-state index contributed by atoms with van der Waals surface area (Å²) in [5.41, 5.74) is 7.93. The van der Waals surface area contributed by atoms with E-state index in [1.54, 1.807) is 11.3 Å². The number of benzene rings is 1. The topological polar surface area (TPSA) is 38.9 Å². The zero-order chi connectivity index (χ0) is 13.3.